The summed E-state index contributed by atoms with van der Waals surface area (Å²) in [6.45, 7) is 4.38. The molecule has 0 saturated carbocycles. The summed E-state index contributed by atoms with van der Waals surface area (Å²) in [6, 6.07) is 9.30. The van der Waals surface area contributed by atoms with E-state index in [-0.39, 0.29) is 22.7 Å². The third-order valence-corrected chi connectivity index (χ3v) is 4.52. The van der Waals surface area contributed by atoms with Crippen LogP contribution in [-0.4, -0.2) is 38.0 Å². The van der Waals surface area contributed by atoms with Gasteiger partial charge in [0.05, 0.1) is 25.3 Å². The van der Waals surface area contributed by atoms with Crippen LogP contribution in [0.15, 0.2) is 36.4 Å². The number of anilines is 1. The fourth-order valence-corrected chi connectivity index (χ4v) is 2.86. The number of primary amides is 1. The van der Waals surface area contributed by atoms with Crippen LogP contribution in [0.1, 0.15) is 41.0 Å². The molecule has 0 fully saturated rings. The molecule has 0 spiro atoms. The molecular formula is C22H26ClN3O5. The van der Waals surface area contributed by atoms with Crippen molar-refractivity contribution in [2.24, 2.45) is 11.7 Å². The van der Waals surface area contributed by atoms with Crippen molar-refractivity contribution in [2.45, 2.75) is 20.3 Å². The molecule has 0 bridgehead atoms. The minimum absolute atomic E-state index is 0.257. The predicted octanol–water partition coefficient (Wildman–Crippen LogP) is 3.24. The van der Waals surface area contributed by atoms with Gasteiger partial charge in [0.15, 0.2) is 11.5 Å². The lowest BCUT2D eigenvalue weighted by molar-refractivity contribution is -0.117. The topological polar surface area (TPSA) is 120 Å². The maximum absolute atomic E-state index is 12.7. The number of carbonyl (C=O) groups is 3. The smallest absolute Gasteiger partial charge is 0.255 e. The number of ether oxygens (including phenoxy) is 2. The van der Waals surface area contributed by atoms with Crippen LogP contribution in [0, 0.1) is 5.92 Å². The average Bonchev–Trinajstić information content (AvgIpc) is 2.72. The van der Waals surface area contributed by atoms with Crippen molar-refractivity contribution in [3.8, 4) is 11.5 Å². The summed E-state index contributed by atoms with van der Waals surface area (Å²) in [5, 5.41) is 5.36. The SMILES string of the molecule is COc1cc(C(=O)Nc2cccc(C(=O)NCC(N)=O)c2)cc(Cl)c1OCCC(C)C. The van der Waals surface area contributed by atoms with Crippen molar-refractivity contribution in [1.29, 1.82) is 0 Å². The van der Waals surface area contributed by atoms with Crippen molar-refractivity contribution in [3.63, 3.8) is 0 Å². The van der Waals surface area contributed by atoms with Gasteiger partial charge in [0.2, 0.25) is 5.91 Å². The highest BCUT2D eigenvalue weighted by molar-refractivity contribution is 6.32. The molecular weight excluding hydrogens is 422 g/mol. The average molecular weight is 448 g/mol. The van der Waals surface area contributed by atoms with Crippen molar-refractivity contribution in [3.05, 3.63) is 52.5 Å². The largest absolute Gasteiger partial charge is 0.493 e. The zero-order valence-electron chi connectivity index (χ0n) is 17.7. The Labute approximate surface area is 186 Å². The monoisotopic (exact) mass is 447 g/mol. The molecule has 0 saturated heterocycles. The van der Waals surface area contributed by atoms with Crippen molar-refractivity contribution in [2.75, 3.05) is 25.6 Å². The minimum Gasteiger partial charge on any atom is -0.493 e. The van der Waals surface area contributed by atoms with Gasteiger partial charge in [-0.05, 0) is 42.7 Å². The molecule has 0 aromatic heterocycles. The molecule has 0 radical (unpaired) electrons. The van der Waals surface area contributed by atoms with Crippen LogP contribution < -0.4 is 25.8 Å². The lowest BCUT2D eigenvalue weighted by atomic mass is 10.1. The quantitative estimate of drug-likeness (QED) is 0.516. The Morgan fingerprint density at radius 3 is 2.48 bits per heavy atom. The van der Waals surface area contributed by atoms with Gasteiger partial charge < -0.3 is 25.8 Å². The predicted molar refractivity (Wildman–Crippen MR) is 119 cm³/mol. The highest BCUT2D eigenvalue weighted by Gasteiger charge is 2.17. The highest BCUT2D eigenvalue weighted by atomic mass is 35.5. The number of benzene rings is 2. The van der Waals surface area contributed by atoms with Gasteiger partial charge in [-0.25, -0.2) is 0 Å². The van der Waals surface area contributed by atoms with Gasteiger partial charge in [-0.2, -0.15) is 0 Å². The molecule has 0 aliphatic carbocycles. The second-order valence-corrected chi connectivity index (χ2v) is 7.61. The first-order chi connectivity index (χ1) is 14.7. The molecule has 8 nitrogen and oxygen atoms in total. The summed E-state index contributed by atoms with van der Waals surface area (Å²) in [7, 11) is 1.47. The maximum atomic E-state index is 12.7. The molecule has 0 aliphatic rings. The van der Waals surface area contributed by atoms with Gasteiger partial charge in [0.1, 0.15) is 0 Å². The van der Waals surface area contributed by atoms with E-state index in [1.165, 1.54) is 25.3 Å². The summed E-state index contributed by atoms with van der Waals surface area (Å²) in [5.74, 6) is -0.370. The third-order valence-electron chi connectivity index (χ3n) is 4.24. The molecule has 31 heavy (non-hydrogen) atoms. The zero-order valence-corrected chi connectivity index (χ0v) is 18.4. The fraction of sp³-hybridized carbons (Fsp3) is 0.318. The molecule has 166 valence electrons. The summed E-state index contributed by atoms with van der Waals surface area (Å²) in [5.41, 5.74) is 5.95. The number of carbonyl (C=O) groups excluding carboxylic acids is 3. The lowest BCUT2D eigenvalue weighted by Gasteiger charge is -2.15. The highest BCUT2D eigenvalue weighted by Crippen LogP contribution is 2.36. The van der Waals surface area contributed by atoms with E-state index in [0.29, 0.717) is 29.7 Å². The van der Waals surface area contributed by atoms with Crippen molar-refractivity contribution < 1.29 is 23.9 Å². The standard InChI is InChI=1S/C22H26ClN3O5/c1-13(2)7-8-31-20-17(23)10-15(11-18(20)30-3)22(29)26-16-6-4-5-14(9-16)21(28)25-12-19(24)27/h4-6,9-11,13H,7-8,12H2,1-3H3,(H2,24,27)(H,25,28)(H,26,29). The molecule has 3 amide bonds. The van der Waals surface area contributed by atoms with Crippen LogP contribution in [0.2, 0.25) is 5.02 Å². The summed E-state index contributed by atoms with van der Waals surface area (Å²) in [6.07, 6.45) is 0.852. The Bertz CT molecular complexity index is 962. The van der Waals surface area contributed by atoms with Gasteiger partial charge in [-0.1, -0.05) is 31.5 Å². The summed E-state index contributed by atoms with van der Waals surface area (Å²) in [4.78, 5) is 35.6. The Kier molecular flexibility index (Phi) is 8.69. The second-order valence-electron chi connectivity index (χ2n) is 7.20. The Balaban J connectivity index is 2.15. The number of nitrogens with one attached hydrogen (secondary N) is 2. The Morgan fingerprint density at radius 2 is 1.84 bits per heavy atom. The molecule has 0 aliphatic heterocycles. The van der Waals surface area contributed by atoms with Gasteiger partial charge >= 0.3 is 0 Å². The summed E-state index contributed by atoms with van der Waals surface area (Å²) >= 11 is 6.33. The number of nitrogens with two attached hydrogens (primary N) is 1. The van der Waals surface area contributed by atoms with Gasteiger partial charge in [0, 0.05) is 16.8 Å². The number of methoxy groups -OCH3 is 1. The molecule has 9 heteroatoms. The molecule has 2 aromatic rings. The van der Waals surface area contributed by atoms with Crippen LogP contribution in [0.5, 0.6) is 11.5 Å². The lowest BCUT2D eigenvalue weighted by Crippen LogP contribution is -2.33. The molecule has 2 rings (SSSR count). The summed E-state index contributed by atoms with van der Waals surface area (Å²) < 4.78 is 11.1. The number of hydrogen-bond acceptors (Lipinski definition) is 5. The van der Waals surface area contributed by atoms with E-state index in [9.17, 15) is 14.4 Å². The fourth-order valence-electron chi connectivity index (χ4n) is 2.60. The van der Waals surface area contributed by atoms with E-state index in [4.69, 9.17) is 26.8 Å². The number of amides is 3. The van der Waals surface area contributed by atoms with E-state index >= 15 is 0 Å². The van der Waals surface area contributed by atoms with E-state index < -0.39 is 17.7 Å². The van der Waals surface area contributed by atoms with Crippen LogP contribution in [0.25, 0.3) is 0 Å². The molecule has 2 aromatic carbocycles. The van der Waals surface area contributed by atoms with Gasteiger partial charge in [0.25, 0.3) is 11.8 Å². The van der Waals surface area contributed by atoms with Crippen molar-refractivity contribution >= 4 is 35.0 Å². The van der Waals surface area contributed by atoms with Gasteiger partial charge in [-0.15, -0.1) is 0 Å². The zero-order chi connectivity index (χ0) is 23.0. The molecule has 0 heterocycles. The molecule has 4 N–H and O–H groups in total. The van der Waals surface area contributed by atoms with Crippen LogP contribution in [0.3, 0.4) is 0 Å². The number of halogens is 1. The minimum atomic E-state index is -0.653. The molecule has 0 atom stereocenters. The van der Waals surface area contributed by atoms with Crippen LogP contribution >= 0.6 is 11.6 Å². The molecule has 0 unspecified atom stereocenters. The van der Waals surface area contributed by atoms with E-state index in [1.807, 2.05) is 0 Å². The van der Waals surface area contributed by atoms with Crippen molar-refractivity contribution in [1.82, 2.24) is 5.32 Å². The van der Waals surface area contributed by atoms with Crippen LogP contribution in [-0.2, 0) is 4.79 Å². The first-order valence-corrected chi connectivity index (χ1v) is 10.1. The van der Waals surface area contributed by atoms with E-state index in [2.05, 4.69) is 24.5 Å². The first-order valence-electron chi connectivity index (χ1n) is 9.69. The second kappa shape index (κ2) is 11.2. The normalized spacial score (nSPS) is 10.5. The maximum Gasteiger partial charge on any atom is 0.255 e. The first kappa shape index (κ1) is 24.0. The Morgan fingerprint density at radius 1 is 1.10 bits per heavy atom. The Hall–Kier alpha value is -3.26. The number of rotatable bonds is 10. The van der Waals surface area contributed by atoms with Gasteiger partial charge in [-0.3, -0.25) is 14.4 Å². The van der Waals surface area contributed by atoms with E-state index in [1.54, 1.807) is 18.2 Å². The van der Waals surface area contributed by atoms with E-state index in [0.717, 1.165) is 6.42 Å². The number of hydrogen-bond donors (Lipinski definition) is 3. The third kappa shape index (κ3) is 7.18. The van der Waals surface area contributed by atoms with Crippen LogP contribution in [0.4, 0.5) is 5.69 Å².